The molecule has 1 aromatic carbocycles. The van der Waals surface area contributed by atoms with Crippen LogP contribution in [0.15, 0.2) is 29.2 Å². The largest absolute Gasteiger partial charge is 0.337 e. The van der Waals surface area contributed by atoms with Crippen molar-refractivity contribution in [1.82, 2.24) is 10.0 Å². The second kappa shape index (κ2) is 7.85. The lowest BCUT2D eigenvalue weighted by Crippen LogP contribution is -2.36. The maximum absolute atomic E-state index is 11.6. The second-order valence-corrected chi connectivity index (χ2v) is 9.52. The van der Waals surface area contributed by atoms with E-state index in [0.29, 0.717) is 5.69 Å². The molecule has 0 unspecified atom stereocenters. The van der Waals surface area contributed by atoms with Crippen LogP contribution in [-0.2, 0) is 10.0 Å². The van der Waals surface area contributed by atoms with E-state index in [-0.39, 0.29) is 23.9 Å². The summed E-state index contributed by atoms with van der Waals surface area (Å²) in [4.78, 5) is 12.8. The number of thioether (sulfide) groups is 1. The molecule has 0 aliphatic rings. The van der Waals surface area contributed by atoms with Crippen LogP contribution >= 0.6 is 11.8 Å². The van der Waals surface area contributed by atoms with Crippen LogP contribution in [0.3, 0.4) is 0 Å². The molecule has 124 valence electrons. The number of sulfonamides is 1. The smallest absolute Gasteiger partial charge is 0.319 e. The molecule has 8 heteroatoms. The van der Waals surface area contributed by atoms with E-state index in [2.05, 4.69) is 36.1 Å². The van der Waals surface area contributed by atoms with Gasteiger partial charge in [0.1, 0.15) is 0 Å². The number of amides is 2. The lowest BCUT2D eigenvalue weighted by molar-refractivity contribution is 0.252. The molecule has 22 heavy (non-hydrogen) atoms. The van der Waals surface area contributed by atoms with Gasteiger partial charge in [0.15, 0.2) is 0 Å². The van der Waals surface area contributed by atoms with Crippen LogP contribution in [0, 0.1) is 0 Å². The van der Waals surface area contributed by atoms with E-state index in [1.165, 1.54) is 0 Å². The Morgan fingerprint density at radius 1 is 1.14 bits per heavy atom. The Bertz CT molecular complexity index is 593. The monoisotopic (exact) mass is 345 g/mol. The molecule has 0 heterocycles. The van der Waals surface area contributed by atoms with Crippen LogP contribution in [0.5, 0.6) is 0 Å². The third-order valence-corrected chi connectivity index (χ3v) is 4.16. The van der Waals surface area contributed by atoms with Gasteiger partial charge in [-0.05, 0) is 24.3 Å². The zero-order chi connectivity index (χ0) is 16.8. The summed E-state index contributed by atoms with van der Waals surface area (Å²) in [6, 6.07) is 7.21. The van der Waals surface area contributed by atoms with Crippen LogP contribution in [0.4, 0.5) is 10.5 Å². The van der Waals surface area contributed by atoms with Crippen molar-refractivity contribution in [2.75, 3.05) is 24.7 Å². The molecule has 0 aromatic heterocycles. The highest BCUT2D eigenvalue weighted by Crippen LogP contribution is 2.32. The summed E-state index contributed by atoms with van der Waals surface area (Å²) in [7, 11) is -3.22. The number of nitrogens with one attached hydrogen (secondary N) is 3. The van der Waals surface area contributed by atoms with Crippen molar-refractivity contribution in [1.29, 1.82) is 0 Å². The molecule has 0 bridgehead atoms. The third kappa shape index (κ3) is 8.91. The average Bonchev–Trinajstić information content (AvgIpc) is 2.34. The predicted molar refractivity (Wildman–Crippen MR) is 91.9 cm³/mol. The van der Waals surface area contributed by atoms with Gasteiger partial charge in [-0.15, -0.1) is 11.8 Å². The molecule has 0 saturated heterocycles. The molecule has 0 radical (unpaired) electrons. The number of rotatable bonds is 6. The molecule has 0 saturated carbocycles. The Kier molecular flexibility index (Phi) is 6.70. The first-order valence-corrected chi connectivity index (χ1v) is 9.54. The highest BCUT2D eigenvalue weighted by Gasteiger charge is 2.11. The fraction of sp³-hybridized carbons (Fsp3) is 0.500. The minimum atomic E-state index is -3.22. The first-order valence-electron chi connectivity index (χ1n) is 6.84. The lowest BCUT2D eigenvalue weighted by Gasteiger charge is -2.17. The summed E-state index contributed by atoms with van der Waals surface area (Å²) >= 11 is 1.75. The normalized spacial score (nSPS) is 12.0. The summed E-state index contributed by atoms with van der Waals surface area (Å²) in [6.45, 7) is 6.80. The Morgan fingerprint density at radius 3 is 2.23 bits per heavy atom. The van der Waals surface area contributed by atoms with Gasteiger partial charge in [0.2, 0.25) is 10.0 Å². The number of carbonyl (C=O) groups excluding carboxylic acids is 1. The standard InChI is InChI=1S/C14H23N3O3S2/c1-14(2,3)21-12-7-5-11(6-8-12)17-13(18)15-9-10-16-22(4,19)20/h5-8,16H,9-10H2,1-4H3,(H2,15,17,18). The fourth-order valence-electron chi connectivity index (χ4n) is 1.55. The van der Waals surface area contributed by atoms with Crippen molar-refractivity contribution in [3.63, 3.8) is 0 Å². The Balaban J connectivity index is 2.39. The van der Waals surface area contributed by atoms with E-state index in [9.17, 15) is 13.2 Å². The minimum Gasteiger partial charge on any atom is -0.337 e. The molecule has 3 N–H and O–H groups in total. The molecule has 0 spiro atoms. The number of anilines is 1. The molecule has 1 aromatic rings. The maximum atomic E-state index is 11.6. The number of urea groups is 1. The first-order chi connectivity index (χ1) is 10.1. The van der Waals surface area contributed by atoms with Gasteiger partial charge in [-0.3, -0.25) is 0 Å². The van der Waals surface area contributed by atoms with Gasteiger partial charge in [-0.25, -0.2) is 17.9 Å². The molecule has 0 fully saturated rings. The summed E-state index contributed by atoms with van der Waals surface area (Å²) in [5, 5.41) is 5.27. The van der Waals surface area contributed by atoms with E-state index in [4.69, 9.17) is 0 Å². The van der Waals surface area contributed by atoms with Gasteiger partial charge in [0.25, 0.3) is 0 Å². The van der Waals surface area contributed by atoms with Crippen LogP contribution in [0.25, 0.3) is 0 Å². The number of hydrogen-bond acceptors (Lipinski definition) is 4. The van der Waals surface area contributed by atoms with E-state index in [1.807, 2.05) is 24.3 Å². The predicted octanol–water partition coefficient (Wildman–Crippen LogP) is 2.25. The number of benzene rings is 1. The van der Waals surface area contributed by atoms with Gasteiger partial charge in [-0.2, -0.15) is 0 Å². The van der Waals surface area contributed by atoms with Gasteiger partial charge < -0.3 is 10.6 Å². The molecule has 1 rings (SSSR count). The number of carbonyl (C=O) groups is 1. The topological polar surface area (TPSA) is 87.3 Å². The second-order valence-electron chi connectivity index (χ2n) is 5.79. The van der Waals surface area contributed by atoms with Crippen molar-refractivity contribution < 1.29 is 13.2 Å². The van der Waals surface area contributed by atoms with Gasteiger partial charge in [0, 0.05) is 28.4 Å². The summed E-state index contributed by atoms with van der Waals surface area (Å²) < 4.78 is 24.1. The highest BCUT2D eigenvalue weighted by molar-refractivity contribution is 8.00. The van der Waals surface area contributed by atoms with E-state index < -0.39 is 10.0 Å². The SMILES string of the molecule is CC(C)(C)Sc1ccc(NC(=O)NCCNS(C)(=O)=O)cc1. The Labute approximate surface area is 136 Å². The molecule has 6 nitrogen and oxygen atoms in total. The molecule has 0 aliphatic heterocycles. The molecule has 2 amide bonds. The van der Waals surface area contributed by atoms with Gasteiger partial charge in [-0.1, -0.05) is 20.8 Å². The third-order valence-electron chi connectivity index (χ3n) is 2.31. The zero-order valence-electron chi connectivity index (χ0n) is 13.3. The van der Waals surface area contributed by atoms with Gasteiger partial charge >= 0.3 is 6.03 Å². The van der Waals surface area contributed by atoms with Crippen molar-refractivity contribution in [2.45, 2.75) is 30.4 Å². The average molecular weight is 345 g/mol. The molecular formula is C14H23N3O3S2. The summed E-state index contributed by atoms with van der Waals surface area (Å²) in [5.74, 6) is 0. The van der Waals surface area contributed by atoms with Crippen molar-refractivity contribution in [3.8, 4) is 0 Å². The molecular weight excluding hydrogens is 322 g/mol. The van der Waals surface area contributed by atoms with Crippen LogP contribution in [-0.4, -0.2) is 38.5 Å². The van der Waals surface area contributed by atoms with Gasteiger partial charge in [0.05, 0.1) is 6.26 Å². The maximum Gasteiger partial charge on any atom is 0.319 e. The van der Waals surface area contributed by atoms with Crippen molar-refractivity contribution >= 4 is 33.5 Å². The first kappa shape index (κ1) is 18.8. The van der Waals surface area contributed by atoms with E-state index in [1.54, 1.807) is 11.8 Å². The highest BCUT2D eigenvalue weighted by atomic mass is 32.2. The van der Waals surface area contributed by atoms with Crippen LogP contribution in [0.2, 0.25) is 0 Å². The quantitative estimate of drug-likeness (QED) is 0.545. The summed E-state index contributed by atoms with van der Waals surface area (Å²) in [6.07, 6.45) is 1.07. The van der Waals surface area contributed by atoms with E-state index in [0.717, 1.165) is 11.2 Å². The summed E-state index contributed by atoms with van der Waals surface area (Å²) in [5.41, 5.74) is 0.687. The van der Waals surface area contributed by atoms with Crippen molar-refractivity contribution in [2.24, 2.45) is 0 Å². The van der Waals surface area contributed by atoms with E-state index >= 15 is 0 Å². The fourth-order valence-corrected chi connectivity index (χ4v) is 3.00. The zero-order valence-corrected chi connectivity index (χ0v) is 14.9. The lowest BCUT2D eigenvalue weighted by atomic mass is 10.3. The van der Waals surface area contributed by atoms with Crippen LogP contribution in [0.1, 0.15) is 20.8 Å². The van der Waals surface area contributed by atoms with Crippen molar-refractivity contribution in [3.05, 3.63) is 24.3 Å². The molecule has 0 atom stereocenters. The minimum absolute atomic E-state index is 0.138. The molecule has 0 aliphatic carbocycles. The Morgan fingerprint density at radius 2 is 1.73 bits per heavy atom. The van der Waals surface area contributed by atoms with Crippen LogP contribution < -0.4 is 15.4 Å². The Hall–Kier alpha value is -1.25. The number of hydrogen-bond donors (Lipinski definition) is 3.